The Kier molecular flexibility index (Phi) is 3.38. The lowest BCUT2D eigenvalue weighted by atomic mass is 10.3. The lowest BCUT2D eigenvalue weighted by molar-refractivity contribution is 0.461. The van der Waals surface area contributed by atoms with E-state index in [1.54, 1.807) is 24.3 Å². The van der Waals surface area contributed by atoms with Gasteiger partial charge in [0.15, 0.2) is 0 Å². The normalized spacial score (nSPS) is 22.8. The minimum absolute atomic E-state index is 0.133. The molecule has 1 aliphatic rings. The van der Waals surface area contributed by atoms with Crippen LogP contribution in [0.5, 0.6) is 5.75 Å². The average molecular weight is 225 g/mol. The van der Waals surface area contributed by atoms with Gasteiger partial charge in [0.2, 0.25) is 0 Å². The van der Waals surface area contributed by atoms with Gasteiger partial charge in [0.25, 0.3) is 0 Å². The Morgan fingerprint density at radius 2 is 2.27 bits per heavy atom. The third-order valence-electron chi connectivity index (χ3n) is 2.63. The summed E-state index contributed by atoms with van der Waals surface area (Å²) < 4.78 is 11.9. The summed E-state index contributed by atoms with van der Waals surface area (Å²) in [6.45, 7) is 1.02. The molecule has 0 aromatic heterocycles. The minimum Gasteiger partial charge on any atom is -0.507 e. The van der Waals surface area contributed by atoms with Gasteiger partial charge in [-0.05, 0) is 31.5 Å². The predicted octanol–water partition coefficient (Wildman–Crippen LogP) is 1.25. The van der Waals surface area contributed by atoms with Crippen molar-refractivity contribution in [2.45, 2.75) is 23.8 Å². The van der Waals surface area contributed by atoms with E-state index in [4.69, 9.17) is 0 Å². The van der Waals surface area contributed by atoms with Crippen molar-refractivity contribution in [1.82, 2.24) is 5.32 Å². The molecule has 0 spiro atoms. The second kappa shape index (κ2) is 4.77. The number of para-hydroxylation sites is 1. The van der Waals surface area contributed by atoms with Crippen LogP contribution in [0.25, 0.3) is 0 Å². The molecule has 1 saturated heterocycles. The van der Waals surface area contributed by atoms with E-state index in [9.17, 15) is 9.32 Å². The Balaban J connectivity index is 2.04. The average Bonchev–Trinajstić information content (AvgIpc) is 2.71. The van der Waals surface area contributed by atoms with Gasteiger partial charge in [0.05, 0.1) is 15.7 Å². The van der Waals surface area contributed by atoms with Crippen molar-refractivity contribution in [3.63, 3.8) is 0 Å². The fraction of sp³-hybridized carbons (Fsp3) is 0.455. The highest BCUT2D eigenvalue weighted by Crippen LogP contribution is 2.21. The van der Waals surface area contributed by atoms with E-state index in [-0.39, 0.29) is 5.75 Å². The fourth-order valence-electron chi connectivity index (χ4n) is 1.82. The van der Waals surface area contributed by atoms with Crippen molar-refractivity contribution < 1.29 is 9.32 Å². The van der Waals surface area contributed by atoms with Gasteiger partial charge >= 0.3 is 0 Å². The first kappa shape index (κ1) is 10.6. The number of nitrogens with one attached hydrogen (secondary N) is 1. The molecule has 2 N–H and O–H groups in total. The van der Waals surface area contributed by atoms with Crippen molar-refractivity contribution in [1.29, 1.82) is 0 Å². The molecule has 0 bridgehead atoms. The number of phenolic OH excluding ortho intramolecular Hbond substituents is 1. The van der Waals surface area contributed by atoms with E-state index < -0.39 is 10.8 Å². The molecule has 3 nitrogen and oxygen atoms in total. The van der Waals surface area contributed by atoms with Gasteiger partial charge in [-0.1, -0.05) is 12.1 Å². The predicted molar refractivity (Wildman–Crippen MR) is 60.4 cm³/mol. The van der Waals surface area contributed by atoms with Crippen LogP contribution >= 0.6 is 0 Å². The summed E-state index contributed by atoms with van der Waals surface area (Å²) in [5.41, 5.74) is 0. The SMILES string of the molecule is O=S(CC1CCCN1)c1ccccc1O. The third kappa shape index (κ3) is 2.58. The van der Waals surface area contributed by atoms with Crippen LogP contribution in [0.15, 0.2) is 29.2 Å². The lowest BCUT2D eigenvalue weighted by Crippen LogP contribution is -2.27. The quantitative estimate of drug-likeness (QED) is 0.814. The van der Waals surface area contributed by atoms with Crippen LogP contribution in [-0.4, -0.2) is 27.7 Å². The molecule has 2 atom stereocenters. The zero-order valence-corrected chi connectivity index (χ0v) is 9.30. The first-order valence-electron chi connectivity index (χ1n) is 5.17. The molecule has 1 heterocycles. The van der Waals surface area contributed by atoms with E-state index in [1.165, 1.54) is 0 Å². The smallest absolute Gasteiger partial charge is 0.131 e. The number of aromatic hydroxyl groups is 1. The Labute approximate surface area is 92.0 Å². The van der Waals surface area contributed by atoms with Crippen molar-refractivity contribution in [2.75, 3.05) is 12.3 Å². The third-order valence-corrected chi connectivity index (χ3v) is 4.17. The molecule has 0 aliphatic carbocycles. The van der Waals surface area contributed by atoms with E-state index in [2.05, 4.69) is 5.32 Å². The van der Waals surface area contributed by atoms with Crippen LogP contribution in [0.3, 0.4) is 0 Å². The number of phenols is 1. The topological polar surface area (TPSA) is 49.3 Å². The molecule has 1 aliphatic heterocycles. The highest BCUT2D eigenvalue weighted by molar-refractivity contribution is 7.85. The molecule has 15 heavy (non-hydrogen) atoms. The van der Waals surface area contributed by atoms with Crippen LogP contribution in [0, 0.1) is 0 Å². The first-order valence-corrected chi connectivity index (χ1v) is 6.49. The van der Waals surface area contributed by atoms with Gasteiger partial charge in [-0.25, -0.2) is 0 Å². The second-order valence-corrected chi connectivity index (χ2v) is 5.24. The fourth-order valence-corrected chi connectivity index (χ4v) is 3.18. The van der Waals surface area contributed by atoms with Gasteiger partial charge < -0.3 is 10.4 Å². The monoisotopic (exact) mass is 225 g/mol. The molecular formula is C11H15NO2S. The lowest BCUT2D eigenvalue weighted by Gasteiger charge is -2.10. The number of rotatable bonds is 3. The van der Waals surface area contributed by atoms with Crippen LogP contribution in [0.2, 0.25) is 0 Å². The van der Waals surface area contributed by atoms with Crippen molar-refractivity contribution in [3.8, 4) is 5.75 Å². The Morgan fingerprint density at radius 1 is 1.47 bits per heavy atom. The van der Waals surface area contributed by atoms with Crippen LogP contribution < -0.4 is 5.32 Å². The Bertz CT molecular complexity index is 361. The van der Waals surface area contributed by atoms with E-state index in [1.807, 2.05) is 0 Å². The summed E-state index contributed by atoms with van der Waals surface area (Å²) in [6, 6.07) is 7.18. The molecule has 1 aromatic rings. The molecule has 1 fully saturated rings. The molecule has 0 saturated carbocycles. The number of hydrogen-bond donors (Lipinski definition) is 2. The second-order valence-electron chi connectivity index (χ2n) is 3.77. The highest BCUT2D eigenvalue weighted by Gasteiger charge is 2.18. The van der Waals surface area contributed by atoms with Crippen LogP contribution in [-0.2, 0) is 10.8 Å². The van der Waals surface area contributed by atoms with Gasteiger partial charge in [0, 0.05) is 11.8 Å². The first-order chi connectivity index (χ1) is 7.27. The largest absolute Gasteiger partial charge is 0.507 e. The van der Waals surface area contributed by atoms with E-state index in [0.717, 1.165) is 19.4 Å². The number of hydrogen-bond acceptors (Lipinski definition) is 3. The Hall–Kier alpha value is -0.870. The van der Waals surface area contributed by atoms with E-state index in [0.29, 0.717) is 16.7 Å². The molecular weight excluding hydrogens is 210 g/mol. The van der Waals surface area contributed by atoms with Gasteiger partial charge in [-0.3, -0.25) is 4.21 Å². The summed E-state index contributed by atoms with van der Waals surface area (Å²) >= 11 is 0. The molecule has 4 heteroatoms. The van der Waals surface area contributed by atoms with Crippen molar-refractivity contribution in [3.05, 3.63) is 24.3 Å². The highest BCUT2D eigenvalue weighted by atomic mass is 32.2. The molecule has 2 unspecified atom stereocenters. The minimum atomic E-state index is -1.10. The summed E-state index contributed by atoms with van der Waals surface area (Å²) in [4.78, 5) is 0.547. The summed E-state index contributed by atoms with van der Waals surface area (Å²) in [5.74, 6) is 0.728. The molecule has 1 aromatic carbocycles. The maximum atomic E-state index is 11.9. The zero-order valence-electron chi connectivity index (χ0n) is 8.48. The summed E-state index contributed by atoms with van der Waals surface area (Å²) in [6.07, 6.45) is 2.24. The maximum Gasteiger partial charge on any atom is 0.131 e. The van der Waals surface area contributed by atoms with Crippen LogP contribution in [0.4, 0.5) is 0 Å². The molecule has 0 amide bonds. The molecule has 82 valence electrons. The van der Waals surface area contributed by atoms with Gasteiger partial charge in [-0.2, -0.15) is 0 Å². The molecule has 0 radical (unpaired) electrons. The van der Waals surface area contributed by atoms with Gasteiger partial charge in [0.1, 0.15) is 5.75 Å². The zero-order chi connectivity index (χ0) is 10.7. The van der Waals surface area contributed by atoms with Crippen LogP contribution in [0.1, 0.15) is 12.8 Å². The van der Waals surface area contributed by atoms with Crippen molar-refractivity contribution in [2.24, 2.45) is 0 Å². The maximum absolute atomic E-state index is 11.9. The van der Waals surface area contributed by atoms with E-state index >= 15 is 0 Å². The summed E-state index contributed by atoms with van der Waals surface area (Å²) in [5, 5.41) is 12.8. The Morgan fingerprint density at radius 3 is 2.93 bits per heavy atom. The molecule has 2 rings (SSSR count). The standard InChI is InChI=1S/C11H15NO2S/c13-10-5-1-2-6-11(10)15(14)8-9-4-3-7-12-9/h1-2,5-6,9,12-13H,3-4,7-8H2. The summed E-state index contributed by atoms with van der Waals surface area (Å²) in [7, 11) is -1.10. The number of benzene rings is 1. The van der Waals surface area contributed by atoms with Gasteiger partial charge in [-0.15, -0.1) is 0 Å². The van der Waals surface area contributed by atoms with Crippen molar-refractivity contribution >= 4 is 10.8 Å².